The number of aryl methyl sites for hydroxylation is 1. The molecule has 5 nitrogen and oxygen atoms in total. The molecule has 1 amide bonds. The Kier molecular flexibility index (Phi) is 4.25. The lowest BCUT2D eigenvalue weighted by Gasteiger charge is -2.21. The first-order valence-electron chi connectivity index (χ1n) is 6.45. The van der Waals surface area contributed by atoms with Crippen LogP contribution in [0.3, 0.4) is 0 Å². The number of carbonyl (C=O) groups excluding carboxylic acids is 1. The van der Waals surface area contributed by atoms with E-state index in [0.29, 0.717) is 22.9 Å². The summed E-state index contributed by atoms with van der Waals surface area (Å²) in [4.78, 5) is 17.2. The van der Waals surface area contributed by atoms with Gasteiger partial charge in [-0.25, -0.2) is 4.98 Å². The van der Waals surface area contributed by atoms with Crippen molar-refractivity contribution in [2.75, 3.05) is 6.54 Å². The monoisotopic (exact) mass is 294 g/mol. The maximum atomic E-state index is 12.1. The van der Waals surface area contributed by atoms with E-state index in [1.165, 1.54) is 11.3 Å². The van der Waals surface area contributed by atoms with Gasteiger partial charge < -0.3 is 14.8 Å². The van der Waals surface area contributed by atoms with Crippen LogP contribution in [0, 0.1) is 6.92 Å². The highest BCUT2D eigenvalue weighted by molar-refractivity contribution is 7.15. The molecule has 1 atom stereocenters. The third kappa shape index (κ3) is 3.26. The summed E-state index contributed by atoms with van der Waals surface area (Å²) >= 11 is 1.41. The molecule has 0 spiro atoms. The molecule has 2 heterocycles. The predicted molar refractivity (Wildman–Crippen MR) is 77.8 cm³/mol. The molecular formula is C14H18N2O3S. The zero-order chi connectivity index (χ0) is 14.8. The van der Waals surface area contributed by atoms with E-state index in [1.54, 1.807) is 19.3 Å². The molecule has 2 rings (SSSR count). The first kappa shape index (κ1) is 14.7. The fourth-order valence-electron chi connectivity index (χ4n) is 1.59. The zero-order valence-corrected chi connectivity index (χ0v) is 12.6. The molecule has 108 valence electrons. The molecule has 0 aliphatic carbocycles. The lowest BCUT2D eigenvalue weighted by Crippen LogP contribution is -2.40. The van der Waals surface area contributed by atoms with Crippen molar-refractivity contribution in [2.24, 2.45) is 0 Å². The quantitative estimate of drug-likeness (QED) is 0.888. The average molecular weight is 294 g/mol. The number of nitrogens with one attached hydrogen (secondary N) is 1. The van der Waals surface area contributed by atoms with Gasteiger partial charge in [-0.3, -0.25) is 4.79 Å². The lowest BCUT2D eigenvalue weighted by molar-refractivity contribution is 0.0517. The van der Waals surface area contributed by atoms with E-state index in [0.717, 1.165) is 4.88 Å². The second-order valence-electron chi connectivity index (χ2n) is 4.93. The summed E-state index contributed by atoms with van der Waals surface area (Å²) in [5, 5.41) is 13.3. The summed E-state index contributed by atoms with van der Waals surface area (Å²) in [6.45, 7) is 5.61. The minimum absolute atomic E-state index is 0.204. The van der Waals surface area contributed by atoms with Crippen molar-refractivity contribution in [1.82, 2.24) is 10.3 Å². The van der Waals surface area contributed by atoms with Crippen molar-refractivity contribution in [3.63, 3.8) is 0 Å². The molecule has 0 saturated heterocycles. The first-order chi connectivity index (χ1) is 9.43. The number of aromatic nitrogens is 1. The fourth-order valence-corrected chi connectivity index (χ4v) is 2.47. The van der Waals surface area contributed by atoms with Gasteiger partial charge in [-0.15, -0.1) is 11.3 Å². The molecule has 0 bridgehead atoms. The minimum Gasteiger partial charge on any atom is -0.462 e. The number of aliphatic hydroxyl groups is 1. The summed E-state index contributed by atoms with van der Waals surface area (Å²) in [5.74, 6) is 0.378. The van der Waals surface area contributed by atoms with E-state index in [4.69, 9.17) is 4.42 Å². The van der Waals surface area contributed by atoms with Gasteiger partial charge >= 0.3 is 0 Å². The highest BCUT2D eigenvalue weighted by Crippen LogP contribution is 2.27. The van der Waals surface area contributed by atoms with Crippen LogP contribution in [-0.2, 0) is 0 Å². The maximum absolute atomic E-state index is 12.1. The van der Waals surface area contributed by atoms with Crippen molar-refractivity contribution < 1.29 is 14.3 Å². The Balaban J connectivity index is 2.11. The summed E-state index contributed by atoms with van der Waals surface area (Å²) in [7, 11) is 0. The number of amides is 1. The van der Waals surface area contributed by atoms with Gasteiger partial charge in [0.2, 0.25) is 0 Å². The minimum atomic E-state index is -0.899. The second-order valence-corrected chi connectivity index (χ2v) is 6.14. The van der Waals surface area contributed by atoms with E-state index < -0.39 is 5.60 Å². The second kappa shape index (κ2) is 5.76. The fraction of sp³-hybridized carbons (Fsp3) is 0.429. The Morgan fingerprint density at radius 2 is 2.35 bits per heavy atom. The third-order valence-electron chi connectivity index (χ3n) is 3.14. The molecule has 2 aromatic rings. The van der Waals surface area contributed by atoms with Crippen LogP contribution in [-0.4, -0.2) is 28.1 Å². The molecule has 0 aliphatic heterocycles. The molecule has 0 fully saturated rings. The Hall–Kier alpha value is -1.66. The maximum Gasteiger partial charge on any atom is 0.271 e. The van der Waals surface area contributed by atoms with Crippen LogP contribution in [0.4, 0.5) is 0 Å². The highest BCUT2D eigenvalue weighted by atomic mass is 32.1. The number of nitrogens with zero attached hydrogens (tertiary/aromatic N) is 1. The predicted octanol–water partition coefficient (Wildman–Crippen LogP) is 2.60. The van der Waals surface area contributed by atoms with Gasteiger partial charge in [-0.1, -0.05) is 6.92 Å². The zero-order valence-electron chi connectivity index (χ0n) is 11.8. The molecule has 2 aromatic heterocycles. The van der Waals surface area contributed by atoms with E-state index in [1.807, 2.05) is 19.9 Å². The van der Waals surface area contributed by atoms with Crippen LogP contribution < -0.4 is 5.32 Å². The van der Waals surface area contributed by atoms with Crippen molar-refractivity contribution in [3.05, 3.63) is 29.0 Å². The Bertz CT molecular complexity index is 588. The van der Waals surface area contributed by atoms with Crippen LogP contribution >= 0.6 is 11.3 Å². The average Bonchev–Trinajstić information content (AvgIpc) is 3.05. The smallest absolute Gasteiger partial charge is 0.271 e. The normalized spacial score (nSPS) is 14.0. The van der Waals surface area contributed by atoms with Gasteiger partial charge in [0.1, 0.15) is 5.69 Å². The summed E-state index contributed by atoms with van der Waals surface area (Å²) in [6.07, 6.45) is 2.14. The molecular weight excluding hydrogens is 276 g/mol. The van der Waals surface area contributed by atoms with Gasteiger partial charge in [0.05, 0.1) is 11.9 Å². The van der Waals surface area contributed by atoms with Gasteiger partial charge in [0.25, 0.3) is 5.91 Å². The van der Waals surface area contributed by atoms with Gasteiger partial charge in [-0.2, -0.15) is 0 Å². The SMILES string of the molecule is CCC(C)(O)CNC(=O)c1nc(-c2ccco2)sc1C. The van der Waals surface area contributed by atoms with Crippen molar-refractivity contribution in [2.45, 2.75) is 32.8 Å². The van der Waals surface area contributed by atoms with E-state index in [-0.39, 0.29) is 12.5 Å². The highest BCUT2D eigenvalue weighted by Gasteiger charge is 2.22. The topological polar surface area (TPSA) is 75.4 Å². The van der Waals surface area contributed by atoms with Crippen molar-refractivity contribution in [3.8, 4) is 10.8 Å². The molecule has 0 aromatic carbocycles. The number of thiazole rings is 1. The summed E-state index contributed by atoms with van der Waals surface area (Å²) in [5.41, 5.74) is -0.517. The molecule has 1 unspecified atom stereocenters. The molecule has 6 heteroatoms. The van der Waals surface area contributed by atoms with E-state index in [9.17, 15) is 9.90 Å². The van der Waals surface area contributed by atoms with Crippen molar-refractivity contribution in [1.29, 1.82) is 0 Å². The summed E-state index contributed by atoms with van der Waals surface area (Å²) < 4.78 is 5.28. The van der Waals surface area contributed by atoms with Crippen LogP contribution in [0.5, 0.6) is 0 Å². The van der Waals surface area contributed by atoms with Gasteiger partial charge in [-0.05, 0) is 32.4 Å². The van der Waals surface area contributed by atoms with Crippen molar-refractivity contribution >= 4 is 17.2 Å². The molecule has 0 radical (unpaired) electrons. The molecule has 2 N–H and O–H groups in total. The number of hydrogen-bond donors (Lipinski definition) is 2. The summed E-state index contributed by atoms with van der Waals surface area (Å²) in [6, 6.07) is 3.59. The molecule has 20 heavy (non-hydrogen) atoms. The standard InChI is InChI=1S/C14H18N2O3S/c1-4-14(3,18)8-15-12(17)11-9(2)20-13(16-11)10-6-5-7-19-10/h5-7,18H,4,8H2,1-3H3,(H,15,17). The Morgan fingerprint density at radius 3 is 2.95 bits per heavy atom. The van der Waals surface area contributed by atoms with Gasteiger partial charge in [0.15, 0.2) is 10.8 Å². The lowest BCUT2D eigenvalue weighted by atomic mass is 10.0. The van der Waals surface area contributed by atoms with E-state index in [2.05, 4.69) is 10.3 Å². The number of hydrogen-bond acceptors (Lipinski definition) is 5. The Morgan fingerprint density at radius 1 is 1.60 bits per heavy atom. The van der Waals surface area contributed by atoms with E-state index >= 15 is 0 Å². The Labute approximate surface area is 121 Å². The van der Waals surface area contributed by atoms with Gasteiger partial charge in [0, 0.05) is 11.4 Å². The number of furan rings is 1. The largest absolute Gasteiger partial charge is 0.462 e. The first-order valence-corrected chi connectivity index (χ1v) is 7.26. The number of carbonyl (C=O) groups is 1. The number of rotatable bonds is 5. The van der Waals surface area contributed by atoms with Crippen LogP contribution in [0.1, 0.15) is 35.6 Å². The van der Waals surface area contributed by atoms with Crippen LogP contribution in [0.15, 0.2) is 22.8 Å². The van der Waals surface area contributed by atoms with Crippen LogP contribution in [0.2, 0.25) is 0 Å². The third-order valence-corrected chi connectivity index (χ3v) is 4.12. The molecule has 0 saturated carbocycles. The molecule has 0 aliphatic rings. The van der Waals surface area contributed by atoms with Crippen LogP contribution in [0.25, 0.3) is 10.8 Å².